The van der Waals surface area contributed by atoms with Gasteiger partial charge in [0.25, 0.3) is 0 Å². The van der Waals surface area contributed by atoms with Crippen LogP contribution in [0, 0.1) is 0 Å². The van der Waals surface area contributed by atoms with Gasteiger partial charge in [0.2, 0.25) is 0 Å². The Morgan fingerprint density at radius 1 is 1.22 bits per heavy atom. The Morgan fingerprint density at radius 3 is 2.56 bits per heavy atom. The number of hydrogen-bond donors (Lipinski definition) is 1. The monoisotopic (exact) mass is 307 g/mol. The zero-order chi connectivity index (χ0) is 13.3. The van der Waals surface area contributed by atoms with E-state index in [2.05, 4.69) is 40.2 Å². The second-order valence-corrected chi connectivity index (χ2v) is 6.19. The van der Waals surface area contributed by atoms with Crippen molar-refractivity contribution in [2.24, 2.45) is 5.73 Å². The fourth-order valence-electron chi connectivity index (χ4n) is 2.17. The molecule has 2 N–H and O–H groups in total. The van der Waals surface area contributed by atoms with Crippen molar-refractivity contribution in [2.75, 3.05) is 7.11 Å². The Hall–Kier alpha value is -1.06. The lowest BCUT2D eigenvalue weighted by molar-refractivity contribution is 0.403. The SMILES string of the molecule is COc1ccc2cc(Br)ccc2c1CC(C)(C)N. The lowest BCUT2D eigenvalue weighted by atomic mass is 9.92. The number of nitrogens with two attached hydrogens (primary N) is 1. The maximum absolute atomic E-state index is 6.15. The first-order chi connectivity index (χ1) is 8.40. The third kappa shape index (κ3) is 2.85. The lowest BCUT2D eigenvalue weighted by Gasteiger charge is -2.21. The number of fused-ring (bicyclic) bond motifs is 1. The molecule has 0 atom stereocenters. The van der Waals surface area contributed by atoms with E-state index in [1.165, 1.54) is 16.3 Å². The number of rotatable bonds is 3. The summed E-state index contributed by atoms with van der Waals surface area (Å²) in [4.78, 5) is 0. The highest BCUT2D eigenvalue weighted by molar-refractivity contribution is 9.10. The van der Waals surface area contributed by atoms with Crippen LogP contribution in [0.4, 0.5) is 0 Å². The molecular weight excluding hydrogens is 290 g/mol. The molecule has 0 aliphatic rings. The van der Waals surface area contributed by atoms with Gasteiger partial charge in [-0.1, -0.05) is 28.1 Å². The van der Waals surface area contributed by atoms with E-state index in [4.69, 9.17) is 10.5 Å². The zero-order valence-electron chi connectivity index (χ0n) is 11.0. The predicted octanol–water partition coefficient (Wildman–Crippen LogP) is 3.89. The van der Waals surface area contributed by atoms with Crippen LogP contribution in [-0.4, -0.2) is 12.6 Å². The van der Waals surface area contributed by atoms with Gasteiger partial charge in [-0.15, -0.1) is 0 Å². The molecule has 0 heterocycles. The van der Waals surface area contributed by atoms with E-state index in [1.807, 2.05) is 19.9 Å². The first kappa shape index (κ1) is 13.4. The first-order valence-electron chi connectivity index (χ1n) is 5.95. The molecule has 3 heteroatoms. The van der Waals surface area contributed by atoms with Crippen molar-refractivity contribution in [3.05, 3.63) is 40.4 Å². The Kier molecular flexibility index (Phi) is 3.64. The van der Waals surface area contributed by atoms with Crippen LogP contribution in [0.15, 0.2) is 34.8 Å². The average molecular weight is 308 g/mol. The Labute approximate surface area is 116 Å². The van der Waals surface area contributed by atoms with Crippen LogP contribution < -0.4 is 10.5 Å². The average Bonchev–Trinajstić information content (AvgIpc) is 2.27. The molecule has 0 radical (unpaired) electrons. The van der Waals surface area contributed by atoms with E-state index in [9.17, 15) is 0 Å². The maximum atomic E-state index is 6.15. The van der Waals surface area contributed by atoms with E-state index in [0.717, 1.165) is 16.6 Å². The molecule has 0 aliphatic carbocycles. The minimum Gasteiger partial charge on any atom is -0.496 e. The van der Waals surface area contributed by atoms with E-state index in [1.54, 1.807) is 7.11 Å². The second kappa shape index (κ2) is 4.90. The molecule has 0 fully saturated rings. The third-order valence-electron chi connectivity index (χ3n) is 2.90. The predicted molar refractivity (Wildman–Crippen MR) is 80.2 cm³/mol. The molecule has 0 aromatic heterocycles. The third-order valence-corrected chi connectivity index (χ3v) is 3.40. The van der Waals surface area contributed by atoms with Gasteiger partial charge in [0.1, 0.15) is 5.75 Å². The normalized spacial score (nSPS) is 11.8. The molecular formula is C15H18BrNO. The van der Waals surface area contributed by atoms with Crippen LogP contribution in [0.5, 0.6) is 5.75 Å². The molecule has 2 aromatic rings. The summed E-state index contributed by atoms with van der Waals surface area (Å²) in [5.41, 5.74) is 7.07. The van der Waals surface area contributed by atoms with Gasteiger partial charge in [0, 0.05) is 15.6 Å². The molecule has 0 saturated heterocycles. The van der Waals surface area contributed by atoms with Crippen molar-refractivity contribution in [1.82, 2.24) is 0 Å². The van der Waals surface area contributed by atoms with Gasteiger partial charge < -0.3 is 10.5 Å². The zero-order valence-corrected chi connectivity index (χ0v) is 12.5. The Balaban J connectivity index is 2.65. The van der Waals surface area contributed by atoms with E-state index >= 15 is 0 Å². The van der Waals surface area contributed by atoms with Crippen LogP contribution >= 0.6 is 15.9 Å². The van der Waals surface area contributed by atoms with E-state index in [-0.39, 0.29) is 5.54 Å². The largest absolute Gasteiger partial charge is 0.496 e. The molecule has 18 heavy (non-hydrogen) atoms. The molecule has 2 rings (SSSR count). The number of hydrogen-bond acceptors (Lipinski definition) is 2. The summed E-state index contributed by atoms with van der Waals surface area (Å²) in [7, 11) is 1.70. The van der Waals surface area contributed by atoms with Gasteiger partial charge in [-0.05, 0) is 49.2 Å². The molecule has 0 aliphatic heterocycles. The van der Waals surface area contributed by atoms with Crippen molar-refractivity contribution < 1.29 is 4.74 Å². The van der Waals surface area contributed by atoms with Crippen LogP contribution in [0.3, 0.4) is 0 Å². The smallest absolute Gasteiger partial charge is 0.122 e. The Morgan fingerprint density at radius 2 is 1.94 bits per heavy atom. The first-order valence-corrected chi connectivity index (χ1v) is 6.74. The number of ether oxygens (including phenoxy) is 1. The summed E-state index contributed by atoms with van der Waals surface area (Å²) in [6.07, 6.45) is 0.787. The van der Waals surface area contributed by atoms with E-state index < -0.39 is 0 Å². The summed E-state index contributed by atoms with van der Waals surface area (Å²) < 4.78 is 6.54. The van der Waals surface area contributed by atoms with Gasteiger partial charge in [-0.25, -0.2) is 0 Å². The number of methoxy groups -OCH3 is 1. The van der Waals surface area contributed by atoms with Crippen molar-refractivity contribution in [1.29, 1.82) is 0 Å². The number of halogens is 1. The topological polar surface area (TPSA) is 35.2 Å². The van der Waals surface area contributed by atoms with Gasteiger partial charge in [-0.3, -0.25) is 0 Å². The minimum atomic E-state index is -0.255. The summed E-state index contributed by atoms with van der Waals surface area (Å²) in [6, 6.07) is 10.4. The molecule has 0 amide bonds. The fourth-order valence-corrected chi connectivity index (χ4v) is 2.55. The van der Waals surface area contributed by atoms with Crippen LogP contribution in [-0.2, 0) is 6.42 Å². The highest BCUT2D eigenvalue weighted by Gasteiger charge is 2.17. The summed E-state index contributed by atoms with van der Waals surface area (Å²) in [5, 5.41) is 2.40. The van der Waals surface area contributed by atoms with Gasteiger partial charge in [-0.2, -0.15) is 0 Å². The molecule has 2 nitrogen and oxygen atoms in total. The Bertz CT molecular complexity index is 572. The molecule has 96 valence electrons. The van der Waals surface area contributed by atoms with Gasteiger partial charge >= 0.3 is 0 Å². The minimum absolute atomic E-state index is 0.255. The van der Waals surface area contributed by atoms with Crippen molar-refractivity contribution in [3.63, 3.8) is 0 Å². The van der Waals surface area contributed by atoms with Crippen LogP contribution in [0.25, 0.3) is 10.8 Å². The highest BCUT2D eigenvalue weighted by atomic mass is 79.9. The summed E-state index contributed by atoms with van der Waals surface area (Å²) in [6.45, 7) is 4.06. The number of benzene rings is 2. The van der Waals surface area contributed by atoms with Crippen LogP contribution in [0.2, 0.25) is 0 Å². The van der Waals surface area contributed by atoms with Crippen molar-refractivity contribution >= 4 is 26.7 Å². The van der Waals surface area contributed by atoms with Crippen LogP contribution in [0.1, 0.15) is 19.4 Å². The summed E-state index contributed by atoms with van der Waals surface area (Å²) in [5.74, 6) is 0.906. The lowest BCUT2D eigenvalue weighted by Crippen LogP contribution is -2.34. The molecule has 0 spiro atoms. The fraction of sp³-hybridized carbons (Fsp3) is 0.333. The molecule has 0 unspecified atom stereocenters. The second-order valence-electron chi connectivity index (χ2n) is 5.28. The maximum Gasteiger partial charge on any atom is 0.122 e. The standard InChI is InChI=1S/C15H18BrNO/c1-15(2,17)9-13-12-6-5-11(16)8-10(12)4-7-14(13)18-3/h4-8H,9,17H2,1-3H3. The van der Waals surface area contributed by atoms with Crippen molar-refractivity contribution in [3.8, 4) is 5.75 Å². The quantitative estimate of drug-likeness (QED) is 0.933. The van der Waals surface area contributed by atoms with Gasteiger partial charge in [0.05, 0.1) is 7.11 Å². The molecule has 0 bridgehead atoms. The van der Waals surface area contributed by atoms with E-state index in [0.29, 0.717) is 0 Å². The van der Waals surface area contributed by atoms with Gasteiger partial charge in [0.15, 0.2) is 0 Å². The molecule has 0 saturated carbocycles. The van der Waals surface area contributed by atoms with Crippen molar-refractivity contribution in [2.45, 2.75) is 25.8 Å². The molecule has 2 aromatic carbocycles. The highest BCUT2D eigenvalue weighted by Crippen LogP contribution is 2.32. The summed E-state index contributed by atoms with van der Waals surface area (Å²) >= 11 is 3.50.